The minimum absolute atomic E-state index is 0.180. The molecule has 0 saturated carbocycles. The standard InChI is InChI=1S/C26H35NO6/c1-4-11-27-25(31)20-13-18(15-33-3)23(21(14-28)24(20)26(27)32)22(30)10-5-16(2)12-17-6-8-19(29)9-7-17/h6-9,12,20-22,24,28-30H,4-5,10-11,13-15H2,1-3H3/b16-12+/t20-,21+,22-,24-/m1/s1. The van der Waals surface area contributed by atoms with E-state index in [4.69, 9.17) is 4.74 Å². The molecule has 0 radical (unpaired) electrons. The Morgan fingerprint density at radius 3 is 2.55 bits per heavy atom. The minimum atomic E-state index is -0.848. The van der Waals surface area contributed by atoms with E-state index in [2.05, 4.69) is 0 Å². The van der Waals surface area contributed by atoms with Gasteiger partial charge in [0.2, 0.25) is 11.8 Å². The Kier molecular flexibility index (Phi) is 8.46. The van der Waals surface area contributed by atoms with Crippen molar-refractivity contribution in [1.29, 1.82) is 0 Å². The SMILES string of the molecule is CCCN1C(=O)[C@@H]2[C@@H](CC(COC)=C([C@H](O)CC/C(C)=C/c3ccc(O)cc3)[C@@H]2CO)C1=O. The van der Waals surface area contributed by atoms with E-state index >= 15 is 0 Å². The fourth-order valence-corrected chi connectivity index (χ4v) is 5.22. The van der Waals surface area contributed by atoms with Crippen LogP contribution in [-0.2, 0) is 14.3 Å². The number of fused-ring (bicyclic) bond motifs is 1. The molecule has 3 rings (SSSR count). The second-order valence-corrected chi connectivity index (χ2v) is 9.08. The third-order valence-electron chi connectivity index (χ3n) is 6.72. The van der Waals surface area contributed by atoms with Gasteiger partial charge in [0.25, 0.3) is 0 Å². The highest BCUT2D eigenvalue weighted by molar-refractivity contribution is 6.05. The van der Waals surface area contributed by atoms with E-state index < -0.39 is 23.9 Å². The highest BCUT2D eigenvalue weighted by atomic mass is 16.5. The number of aliphatic hydroxyl groups excluding tert-OH is 2. The number of hydrogen-bond acceptors (Lipinski definition) is 6. The Morgan fingerprint density at radius 2 is 1.94 bits per heavy atom. The van der Waals surface area contributed by atoms with Crippen molar-refractivity contribution in [3.05, 3.63) is 46.5 Å². The third-order valence-corrected chi connectivity index (χ3v) is 6.72. The highest BCUT2D eigenvalue weighted by Gasteiger charge is 2.54. The molecule has 1 aromatic rings. The maximum Gasteiger partial charge on any atom is 0.233 e. The number of phenols is 1. The minimum Gasteiger partial charge on any atom is -0.508 e. The molecule has 0 aromatic heterocycles. The summed E-state index contributed by atoms with van der Waals surface area (Å²) in [5.41, 5.74) is 3.48. The Balaban J connectivity index is 1.81. The van der Waals surface area contributed by atoms with Crippen molar-refractivity contribution in [3.8, 4) is 5.75 Å². The first-order chi connectivity index (χ1) is 15.8. The zero-order valence-corrected chi connectivity index (χ0v) is 19.7. The molecule has 33 heavy (non-hydrogen) atoms. The van der Waals surface area contributed by atoms with Gasteiger partial charge in [-0.05, 0) is 61.4 Å². The number of methoxy groups -OCH3 is 1. The van der Waals surface area contributed by atoms with Crippen LogP contribution >= 0.6 is 0 Å². The van der Waals surface area contributed by atoms with Gasteiger partial charge in [-0.3, -0.25) is 14.5 Å². The first kappa shape index (κ1) is 25.1. The number of aliphatic hydroxyl groups is 2. The van der Waals surface area contributed by atoms with Gasteiger partial charge in [-0.15, -0.1) is 0 Å². The van der Waals surface area contributed by atoms with Crippen molar-refractivity contribution in [3.63, 3.8) is 0 Å². The van der Waals surface area contributed by atoms with E-state index in [0.717, 1.165) is 16.7 Å². The monoisotopic (exact) mass is 457 g/mol. The predicted molar refractivity (Wildman–Crippen MR) is 125 cm³/mol. The zero-order chi connectivity index (χ0) is 24.1. The van der Waals surface area contributed by atoms with E-state index in [-0.39, 0.29) is 30.8 Å². The summed E-state index contributed by atoms with van der Waals surface area (Å²) in [7, 11) is 1.56. The Morgan fingerprint density at radius 1 is 1.24 bits per heavy atom. The van der Waals surface area contributed by atoms with Gasteiger partial charge >= 0.3 is 0 Å². The number of phenolic OH excluding ortho intramolecular Hbond substituents is 1. The summed E-state index contributed by atoms with van der Waals surface area (Å²) in [6.45, 7) is 4.23. The van der Waals surface area contributed by atoms with Crippen LogP contribution in [0.4, 0.5) is 0 Å². The largest absolute Gasteiger partial charge is 0.508 e. The smallest absolute Gasteiger partial charge is 0.233 e. The van der Waals surface area contributed by atoms with Gasteiger partial charge < -0.3 is 20.1 Å². The van der Waals surface area contributed by atoms with E-state index in [1.807, 2.05) is 32.1 Å². The van der Waals surface area contributed by atoms with Crippen LogP contribution in [0.25, 0.3) is 6.08 Å². The van der Waals surface area contributed by atoms with E-state index in [0.29, 0.717) is 37.8 Å². The molecule has 1 aliphatic carbocycles. The fraction of sp³-hybridized carbons (Fsp3) is 0.538. The molecule has 3 N–H and O–H groups in total. The number of hydrogen-bond donors (Lipinski definition) is 3. The first-order valence-electron chi connectivity index (χ1n) is 11.6. The molecular formula is C26H35NO6. The molecule has 1 aromatic carbocycles. The number of likely N-dealkylation sites (tertiary alicyclic amines) is 1. The molecule has 4 atom stereocenters. The summed E-state index contributed by atoms with van der Waals surface area (Å²) in [6.07, 6.45) is 3.25. The molecule has 1 heterocycles. The van der Waals surface area contributed by atoms with Gasteiger partial charge in [-0.25, -0.2) is 0 Å². The van der Waals surface area contributed by atoms with Crippen molar-refractivity contribution in [2.24, 2.45) is 17.8 Å². The van der Waals surface area contributed by atoms with Crippen LogP contribution in [-0.4, -0.2) is 65.0 Å². The number of allylic oxidation sites excluding steroid dienone is 1. The summed E-state index contributed by atoms with van der Waals surface area (Å²) in [5.74, 6) is -1.94. The number of benzene rings is 1. The summed E-state index contributed by atoms with van der Waals surface area (Å²) in [4.78, 5) is 27.3. The summed E-state index contributed by atoms with van der Waals surface area (Å²) in [6, 6.07) is 6.90. The number of amides is 2. The van der Waals surface area contributed by atoms with Crippen molar-refractivity contribution >= 4 is 17.9 Å². The van der Waals surface area contributed by atoms with E-state index in [1.54, 1.807) is 19.2 Å². The molecule has 2 aliphatic rings. The highest BCUT2D eigenvalue weighted by Crippen LogP contribution is 2.46. The maximum atomic E-state index is 13.1. The normalized spacial score (nSPS) is 24.5. The molecule has 0 bridgehead atoms. The molecule has 7 heteroatoms. The van der Waals surface area contributed by atoms with E-state index in [9.17, 15) is 24.9 Å². The fourth-order valence-electron chi connectivity index (χ4n) is 5.22. The van der Waals surface area contributed by atoms with Gasteiger partial charge in [-0.2, -0.15) is 0 Å². The lowest BCUT2D eigenvalue weighted by molar-refractivity contribution is -0.140. The molecule has 0 unspecified atom stereocenters. The van der Waals surface area contributed by atoms with Crippen LogP contribution in [0, 0.1) is 17.8 Å². The first-order valence-corrected chi connectivity index (χ1v) is 11.6. The molecule has 7 nitrogen and oxygen atoms in total. The van der Waals surface area contributed by atoms with Gasteiger partial charge in [0.15, 0.2) is 0 Å². The quantitative estimate of drug-likeness (QED) is 0.368. The predicted octanol–water partition coefficient (Wildman–Crippen LogP) is 2.90. The average molecular weight is 458 g/mol. The summed E-state index contributed by atoms with van der Waals surface area (Å²) in [5, 5.41) is 30.9. The van der Waals surface area contributed by atoms with Crippen molar-refractivity contribution in [2.45, 2.75) is 45.6 Å². The van der Waals surface area contributed by atoms with E-state index in [1.165, 1.54) is 4.90 Å². The van der Waals surface area contributed by atoms with Crippen LogP contribution in [0.15, 0.2) is 41.0 Å². The number of imide groups is 1. The van der Waals surface area contributed by atoms with Crippen molar-refractivity contribution < 1.29 is 29.6 Å². The summed E-state index contributed by atoms with van der Waals surface area (Å²) >= 11 is 0. The Labute approximate surface area is 195 Å². The molecule has 0 spiro atoms. The lowest BCUT2D eigenvalue weighted by Gasteiger charge is -2.36. The Bertz CT molecular complexity index is 919. The van der Waals surface area contributed by atoms with Crippen molar-refractivity contribution in [2.75, 3.05) is 26.9 Å². The molecule has 1 aliphatic heterocycles. The van der Waals surface area contributed by atoms with Gasteiger partial charge in [-0.1, -0.05) is 30.7 Å². The molecular weight excluding hydrogens is 422 g/mol. The second kappa shape index (κ2) is 11.1. The zero-order valence-electron chi connectivity index (χ0n) is 19.7. The lowest BCUT2D eigenvalue weighted by Crippen LogP contribution is -2.39. The van der Waals surface area contributed by atoms with Crippen LogP contribution in [0.1, 0.15) is 45.1 Å². The number of nitrogens with zero attached hydrogens (tertiary/aromatic N) is 1. The molecule has 180 valence electrons. The molecule has 2 amide bonds. The van der Waals surface area contributed by atoms with Crippen LogP contribution in [0.5, 0.6) is 5.75 Å². The van der Waals surface area contributed by atoms with Gasteiger partial charge in [0.05, 0.1) is 31.2 Å². The van der Waals surface area contributed by atoms with Crippen LogP contribution < -0.4 is 0 Å². The molecule has 1 fully saturated rings. The summed E-state index contributed by atoms with van der Waals surface area (Å²) < 4.78 is 5.36. The van der Waals surface area contributed by atoms with Gasteiger partial charge in [0, 0.05) is 19.6 Å². The molecule has 1 saturated heterocycles. The third kappa shape index (κ3) is 5.37. The topological polar surface area (TPSA) is 107 Å². The van der Waals surface area contributed by atoms with Crippen LogP contribution in [0.3, 0.4) is 0 Å². The average Bonchev–Trinajstić information content (AvgIpc) is 3.03. The van der Waals surface area contributed by atoms with Crippen molar-refractivity contribution in [1.82, 2.24) is 4.90 Å². The maximum absolute atomic E-state index is 13.1. The number of rotatable bonds is 10. The lowest BCUT2D eigenvalue weighted by atomic mass is 9.68. The number of carbonyl (C=O) groups is 2. The second-order valence-electron chi connectivity index (χ2n) is 9.08. The number of carbonyl (C=O) groups excluding carboxylic acids is 2. The Hall–Kier alpha value is -2.48. The van der Waals surface area contributed by atoms with Crippen LogP contribution in [0.2, 0.25) is 0 Å². The van der Waals surface area contributed by atoms with Gasteiger partial charge in [0.1, 0.15) is 5.75 Å². The number of aromatic hydroxyl groups is 1. The number of ether oxygens (including phenoxy) is 1.